The normalized spacial score (nSPS) is 11.0. The number of methoxy groups -OCH3 is 1. The molecular weight excluding hydrogens is 398 g/mol. The van der Waals surface area contributed by atoms with Gasteiger partial charge in [-0.25, -0.2) is 13.1 Å². The number of carbonyl (C=O) groups excluding carboxylic acids is 2. The van der Waals surface area contributed by atoms with Crippen LogP contribution in [0.5, 0.6) is 5.75 Å². The summed E-state index contributed by atoms with van der Waals surface area (Å²) in [6, 6.07) is 12.6. The molecule has 0 heterocycles. The van der Waals surface area contributed by atoms with Crippen LogP contribution >= 0.6 is 0 Å². The summed E-state index contributed by atoms with van der Waals surface area (Å²) in [4.78, 5) is 24.0. The van der Waals surface area contributed by atoms with Crippen molar-refractivity contribution in [3.8, 4) is 5.75 Å². The lowest BCUT2D eigenvalue weighted by molar-refractivity contribution is -0.123. The van der Waals surface area contributed by atoms with Gasteiger partial charge in [-0.1, -0.05) is 18.2 Å². The molecule has 0 fully saturated rings. The molecule has 0 unspecified atom stereocenters. The van der Waals surface area contributed by atoms with Crippen LogP contribution < -0.4 is 20.3 Å². The van der Waals surface area contributed by atoms with Crippen LogP contribution in [0.1, 0.15) is 15.9 Å². The highest BCUT2D eigenvalue weighted by atomic mass is 32.2. The molecule has 3 N–H and O–H groups in total. The first-order valence-corrected chi connectivity index (χ1v) is 10.2. The molecular formula is C19H23N3O6S. The first kappa shape index (κ1) is 22.3. The molecule has 0 saturated heterocycles. The van der Waals surface area contributed by atoms with Gasteiger partial charge >= 0.3 is 0 Å². The van der Waals surface area contributed by atoms with Gasteiger partial charge in [0.2, 0.25) is 10.0 Å². The first-order chi connectivity index (χ1) is 13.8. The van der Waals surface area contributed by atoms with E-state index in [1.165, 1.54) is 31.4 Å². The fourth-order valence-corrected chi connectivity index (χ4v) is 3.31. The Morgan fingerprint density at radius 1 is 1.03 bits per heavy atom. The minimum absolute atomic E-state index is 0.0690. The van der Waals surface area contributed by atoms with Crippen LogP contribution in [0.3, 0.4) is 0 Å². The number of ether oxygens (including phenoxy) is 2. The molecule has 156 valence electrons. The Morgan fingerprint density at radius 3 is 2.52 bits per heavy atom. The predicted molar refractivity (Wildman–Crippen MR) is 106 cm³/mol. The smallest absolute Gasteiger partial charge is 0.276 e. The number of hydrogen-bond acceptors (Lipinski definition) is 6. The molecule has 2 aromatic rings. The number of aryl methyl sites for hydroxylation is 1. The van der Waals surface area contributed by atoms with Crippen molar-refractivity contribution in [3.63, 3.8) is 0 Å². The summed E-state index contributed by atoms with van der Waals surface area (Å²) in [5.74, 6) is -0.696. The second-order valence-corrected chi connectivity index (χ2v) is 7.79. The summed E-state index contributed by atoms with van der Waals surface area (Å²) >= 11 is 0. The van der Waals surface area contributed by atoms with Gasteiger partial charge in [0.25, 0.3) is 11.8 Å². The third-order valence-corrected chi connectivity index (χ3v) is 5.14. The van der Waals surface area contributed by atoms with Crippen LogP contribution in [0.15, 0.2) is 53.4 Å². The minimum atomic E-state index is -3.78. The lowest BCUT2D eigenvalue weighted by Gasteiger charge is -2.10. The Balaban J connectivity index is 1.89. The molecule has 0 radical (unpaired) electrons. The average Bonchev–Trinajstić information content (AvgIpc) is 2.70. The van der Waals surface area contributed by atoms with Crippen molar-refractivity contribution < 1.29 is 27.5 Å². The monoisotopic (exact) mass is 421 g/mol. The van der Waals surface area contributed by atoms with E-state index in [2.05, 4.69) is 15.6 Å². The highest BCUT2D eigenvalue weighted by Gasteiger charge is 2.16. The van der Waals surface area contributed by atoms with E-state index >= 15 is 0 Å². The Hall–Kier alpha value is -2.95. The zero-order chi connectivity index (χ0) is 21.3. The Morgan fingerprint density at radius 2 is 1.79 bits per heavy atom. The molecule has 0 aromatic heterocycles. The maximum absolute atomic E-state index is 12.2. The van der Waals surface area contributed by atoms with Gasteiger partial charge in [-0.05, 0) is 42.8 Å². The van der Waals surface area contributed by atoms with Gasteiger partial charge < -0.3 is 9.47 Å². The first-order valence-electron chi connectivity index (χ1n) is 8.69. The van der Waals surface area contributed by atoms with E-state index in [-0.39, 0.29) is 30.2 Å². The molecule has 9 nitrogen and oxygen atoms in total. The van der Waals surface area contributed by atoms with Crippen molar-refractivity contribution in [1.82, 2.24) is 15.6 Å². The summed E-state index contributed by atoms with van der Waals surface area (Å²) in [5.41, 5.74) is 5.50. The molecule has 0 atom stereocenters. The minimum Gasteiger partial charge on any atom is -0.484 e. The molecule has 0 bridgehead atoms. The van der Waals surface area contributed by atoms with E-state index in [1.807, 2.05) is 13.0 Å². The van der Waals surface area contributed by atoms with E-state index < -0.39 is 21.8 Å². The van der Waals surface area contributed by atoms with Crippen LogP contribution in [-0.2, 0) is 19.6 Å². The second kappa shape index (κ2) is 10.6. The summed E-state index contributed by atoms with van der Waals surface area (Å²) in [7, 11) is -2.32. The number of amides is 2. The van der Waals surface area contributed by atoms with Crippen LogP contribution in [0.25, 0.3) is 0 Å². The molecule has 29 heavy (non-hydrogen) atoms. The maximum Gasteiger partial charge on any atom is 0.276 e. The zero-order valence-corrected chi connectivity index (χ0v) is 16.9. The Bertz CT molecular complexity index is 962. The molecule has 0 saturated carbocycles. The second-order valence-electron chi connectivity index (χ2n) is 6.03. The average molecular weight is 421 g/mol. The van der Waals surface area contributed by atoms with E-state index in [9.17, 15) is 18.0 Å². The molecule has 2 rings (SSSR count). The topological polar surface area (TPSA) is 123 Å². The van der Waals surface area contributed by atoms with Gasteiger partial charge in [0, 0.05) is 19.2 Å². The van der Waals surface area contributed by atoms with Gasteiger partial charge in [-0.3, -0.25) is 20.4 Å². The third kappa shape index (κ3) is 7.18. The van der Waals surface area contributed by atoms with Crippen molar-refractivity contribution in [2.75, 3.05) is 26.9 Å². The summed E-state index contributed by atoms with van der Waals surface area (Å²) in [6.07, 6.45) is 0. The van der Waals surface area contributed by atoms with Crippen LogP contribution in [-0.4, -0.2) is 47.1 Å². The lowest BCUT2D eigenvalue weighted by Crippen LogP contribution is -2.43. The van der Waals surface area contributed by atoms with Gasteiger partial charge in [-0.2, -0.15) is 0 Å². The van der Waals surface area contributed by atoms with E-state index in [0.717, 1.165) is 5.56 Å². The standard InChI is InChI=1S/C19H23N3O6S/c1-14-5-3-7-16(11-14)28-13-18(23)21-22-19(24)15-6-4-8-17(12-15)29(25,26)20-9-10-27-2/h3-8,11-12,20H,9-10,13H2,1-2H3,(H,21,23)(H,22,24). The molecule has 0 aliphatic carbocycles. The number of sulfonamides is 1. The number of benzene rings is 2. The highest BCUT2D eigenvalue weighted by Crippen LogP contribution is 2.12. The van der Waals surface area contributed by atoms with Crippen molar-refractivity contribution in [1.29, 1.82) is 0 Å². The number of hydrogen-bond donors (Lipinski definition) is 3. The fourth-order valence-electron chi connectivity index (χ4n) is 2.25. The maximum atomic E-state index is 12.2. The summed E-state index contributed by atoms with van der Waals surface area (Å²) in [5, 5.41) is 0. The van der Waals surface area contributed by atoms with Crippen molar-refractivity contribution in [2.45, 2.75) is 11.8 Å². The molecule has 10 heteroatoms. The molecule has 0 aliphatic heterocycles. The predicted octanol–water partition coefficient (Wildman–Crippen LogP) is 0.760. The number of rotatable bonds is 9. The Labute approximate surface area is 169 Å². The zero-order valence-electron chi connectivity index (χ0n) is 16.1. The van der Waals surface area contributed by atoms with E-state index in [4.69, 9.17) is 9.47 Å². The molecule has 0 aliphatic rings. The lowest BCUT2D eigenvalue weighted by atomic mass is 10.2. The van der Waals surface area contributed by atoms with E-state index in [1.54, 1.807) is 18.2 Å². The third-order valence-electron chi connectivity index (χ3n) is 3.68. The molecule has 0 spiro atoms. The highest BCUT2D eigenvalue weighted by molar-refractivity contribution is 7.89. The van der Waals surface area contributed by atoms with Crippen molar-refractivity contribution in [3.05, 3.63) is 59.7 Å². The van der Waals surface area contributed by atoms with Gasteiger partial charge in [-0.15, -0.1) is 0 Å². The Kier molecular flexibility index (Phi) is 8.13. The molecule has 2 aromatic carbocycles. The number of nitrogens with one attached hydrogen (secondary N) is 3. The largest absolute Gasteiger partial charge is 0.484 e. The quantitative estimate of drug-likeness (QED) is 0.406. The number of hydrazine groups is 1. The number of carbonyl (C=O) groups is 2. The van der Waals surface area contributed by atoms with Crippen LogP contribution in [0.4, 0.5) is 0 Å². The summed E-state index contributed by atoms with van der Waals surface area (Å²) < 4.78 is 36.9. The van der Waals surface area contributed by atoms with Gasteiger partial charge in [0.05, 0.1) is 11.5 Å². The van der Waals surface area contributed by atoms with Crippen LogP contribution in [0, 0.1) is 6.92 Å². The SMILES string of the molecule is COCCNS(=O)(=O)c1cccc(C(=O)NNC(=O)COc2cccc(C)c2)c1. The van der Waals surface area contributed by atoms with Crippen molar-refractivity contribution >= 4 is 21.8 Å². The van der Waals surface area contributed by atoms with Gasteiger partial charge in [0.15, 0.2) is 6.61 Å². The van der Waals surface area contributed by atoms with Crippen LogP contribution in [0.2, 0.25) is 0 Å². The van der Waals surface area contributed by atoms with Gasteiger partial charge in [0.1, 0.15) is 5.75 Å². The van der Waals surface area contributed by atoms with E-state index in [0.29, 0.717) is 5.75 Å². The van der Waals surface area contributed by atoms with Crippen molar-refractivity contribution in [2.24, 2.45) is 0 Å². The fraction of sp³-hybridized carbons (Fsp3) is 0.263. The molecule has 2 amide bonds. The summed E-state index contributed by atoms with van der Waals surface area (Å²) in [6.45, 7) is 1.93.